The number of ether oxygens (including phenoxy) is 1. The Bertz CT molecular complexity index is 361. The summed E-state index contributed by atoms with van der Waals surface area (Å²) in [6.45, 7) is 0.482. The van der Waals surface area contributed by atoms with Crippen molar-refractivity contribution in [3.05, 3.63) is 28.2 Å². The highest BCUT2D eigenvalue weighted by Gasteiger charge is 2.02. The largest absolute Gasteiger partial charge is 0.496 e. The van der Waals surface area contributed by atoms with Crippen molar-refractivity contribution < 1.29 is 9.53 Å². The fourth-order valence-corrected chi connectivity index (χ4v) is 1.68. The summed E-state index contributed by atoms with van der Waals surface area (Å²) in [5.74, 6) is 0.603. The van der Waals surface area contributed by atoms with Crippen LogP contribution in [0.4, 0.5) is 0 Å². The minimum Gasteiger partial charge on any atom is -0.496 e. The third-order valence-corrected chi connectivity index (χ3v) is 2.51. The molecule has 0 radical (unpaired) electrons. The molecule has 4 nitrogen and oxygen atoms in total. The molecule has 0 spiro atoms. The Kier molecular flexibility index (Phi) is 7.12. The summed E-state index contributed by atoms with van der Waals surface area (Å²) in [6, 6.07) is 5.63. The predicted octanol–water partition coefficient (Wildman–Crippen LogP) is 1.45. The van der Waals surface area contributed by atoms with E-state index < -0.39 is 0 Å². The Morgan fingerprint density at radius 3 is 2.75 bits per heavy atom. The molecule has 0 saturated heterocycles. The van der Waals surface area contributed by atoms with Crippen LogP contribution in [0.2, 0.25) is 0 Å². The van der Waals surface area contributed by atoms with Gasteiger partial charge in [0.15, 0.2) is 0 Å². The van der Waals surface area contributed by atoms with Gasteiger partial charge < -0.3 is 15.8 Å². The third kappa shape index (κ3) is 4.38. The molecule has 0 bridgehead atoms. The average molecular weight is 310 g/mol. The van der Waals surface area contributed by atoms with Crippen LogP contribution in [-0.2, 0) is 11.3 Å². The quantitative estimate of drug-likeness (QED) is 0.885. The molecular weight excluding hydrogens is 295 g/mol. The molecule has 1 rings (SSSR count). The van der Waals surface area contributed by atoms with E-state index in [0.717, 1.165) is 15.8 Å². The van der Waals surface area contributed by atoms with E-state index in [-0.39, 0.29) is 24.9 Å². The number of rotatable bonds is 4. The number of nitrogens with two attached hydrogens (primary N) is 1. The molecule has 1 amide bonds. The molecule has 0 saturated carbocycles. The number of amides is 1. The summed E-state index contributed by atoms with van der Waals surface area (Å²) in [7, 11) is 1.61. The van der Waals surface area contributed by atoms with Crippen LogP contribution in [0.15, 0.2) is 22.7 Å². The molecule has 3 N–H and O–H groups in total. The summed E-state index contributed by atoms with van der Waals surface area (Å²) >= 11 is 3.37. The molecule has 6 heteroatoms. The number of hydrogen-bond acceptors (Lipinski definition) is 3. The van der Waals surface area contributed by atoms with E-state index >= 15 is 0 Å². The zero-order chi connectivity index (χ0) is 11.3. The predicted molar refractivity (Wildman–Crippen MR) is 68.8 cm³/mol. The summed E-state index contributed by atoms with van der Waals surface area (Å²) in [5.41, 5.74) is 6.16. The Balaban J connectivity index is 0.00000225. The number of nitrogens with one attached hydrogen (secondary N) is 1. The van der Waals surface area contributed by atoms with E-state index in [4.69, 9.17) is 10.5 Å². The molecule has 90 valence electrons. The molecule has 0 aliphatic rings. The maximum Gasteiger partial charge on any atom is 0.234 e. The van der Waals surface area contributed by atoms with Crippen LogP contribution in [-0.4, -0.2) is 19.6 Å². The number of carbonyl (C=O) groups excluding carboxylic acids is 1. The molecule has 16 heavy (non-hydrogen) atoms. The van der Waals surface area contributed by atoms with Gasteiger partial charge >= 0.3 is 0 Å². The molecule has 0 aliphatic heterocycles. The molecule has 0 aliphatic carbocycles. The molecular formula is C10H14BrClN2O2. The second-order valence-corrected chi connectivity index (χ2v) is 3.80. The lowest BCUT2D eigenvalue weighted by atomic mass is 10.2. The minimum atomic E-state index is -0.165. The molecule has 0 unspecified atom stereocenters. The highest BCUT2D eigenvalue weighted by atomic mass is 79.9. The lowest BCUT2D eigenvalue weighted by molar-refractivity contribution is -0.119. The SMILES string of the molecule is COc1ccc(CNC(=O)CN)cc1Br.Cl. The lowest BCUT2D eigenvalue weighted by Crippen LogP contribution is -2.29. The average Bonchev–Trinajstić information content (AvgIpc) is 2.26. The normalized spacial score (nSPS) is 9.19. The fourth-order valence-electron chi connectivity index (χ4n) is 1.09. The number of benzene rings is 1. The van der Waals surface area contributed by atoms with Crippen LogP contribution in [0.25, 0.3) is 0 Å². The number of halogens is 2. The van der Waals surface area contributed by atoms with E-state index in [0.29, 0.717) is 6.54 Å². The first-order chi connectivity index (χ1) is 7.17. The smallest absolute Gasteiger partial charge is 0.234 e. The van der Waals surface area contributed by atoms with Crippen molar-refractivity contribution in [2.75, 3.05) is 13.7 Å². The van der Waals surface area contributed by atoms with Crippen LogP contribution in [0.3, 0.4) is 0 Å². The van der Waals surface area contributed by atoms with Gasteiger partial charge in [-0.1, -0.05) is 6.07 Å². The van der Waals surface area contributed by atoms with E-state index in [1.165, 1.54) is 0 Å². The van der Waals surface area contributed by atoms with Crippen LogP contribution in [0.1, 0.15) is 5.56 Å². The van der Waals surface area contributed by atoms with Crippen molar-refractivity contribution >= 4 is 34.2 Å². The molecule has 0 aromatic heterocycles. The summed E-state index contributed by atoms with van der Waals surface area (Å²) < 4.78 is 5.96. The van der Waals surface area contributed by atoms with Crippen molar-refractivity contribution in [3.8, 4) is 5.75 Å². The van der Waals surface area contributed by atoms with Gasteiger partial charge in [0.2, 0.25) is 5.91 Å². The highest BCUT2D eigenvalue weighted by molar-refractivity contribution is 9.10. The lowest BCUT2D eigenvalue weighted by Gasteiger charge is -2.07. The van der Waals surface area contributed by atoms with Gasteiger partial charge in [0.05, 0.1) is 18.1 Å². The summed E-state index contributed by atoms with van der Waals surface area (Å²) in [6.07, 6.45) is 0. The van der Waals surface area contributed by atoms with Gasteiger partial charge in [-0.2, -0.15) is 0 Å². The van der Waals surface area contributed by atoms with Gasteiger partial charge in [-0.05, 0) is 33.6 Å². The van der Waals surface area contributed by atoms with Gasteiger partial charge in [0.25, 0.3) is 0 Å². The second-order valence-electron chi connectivity index (χ2n) is 2.95. The van der Waals surface area contributed by atoms with Crippen molar-refractivity contribution in [1.82, 2.24) is 5.32 Å². The van der Waals surface area contributed by atoms with Crippen molar-refractivity contribution in [1.29, 1.82) is 0 Å². The standard InChI is InChI=1S/C10H13BrN2O2.ClH/c1-15-9-3-2-7(4-8(9)11)6-13-10(14)5-12;/h2-4H,5-6,12H2,1H3,(H,13,14);1H. The second kappa shape index (κ2) is 7.49. The highest BCUT2D eigenvalue weighted by Crippen LogP contribution is 2.25. The number of hydrogen-bond donors (Lipinski definition) is 2. The molecule has 0 atom stereocenters. The first-order valence-corrected chi connectivity index (χ1v) is 5.26. The van der Waals surface area contributed by atoms with Gasteiger partial charge in [-0.25, -0.2) is 0 Å². The van der Waals surface area contributed by atoms with Gasteiger partial charge in [0.1, 0.15) is 5.75 Å². The van der Waals surface area contributed by atoms with E-state index in [2.05, 4.69) is 21.2 Å². The Labute approximate surface area is 109 Å². The van der Waals surface area contributed by atoms with E-state index in [1.54, 1.807) is 7.11 Å². The maximum atomic E-state index is 10.9. The minimum absolute atomic E-state index is 0. The van der Waals surface area contributed by atoms with Crippen LogP contribution < -0.4 is 15.8 Å². The van der Waals surface area contributed by atoms with Crippen LogP contribution >= 0.6 is 28.3 Å². The first-order valence-electron chi connectivity index (χ1n) is 4.46. The first kappa shape index (κ1) is 15.2. The fraction of sp³-hybridized carbons (Fsp3) is 0.300. The van der Waals surface area contributed by atoms with Crippen molar-refractivity contribution in [3.63, 3.8) is 0 Å². The van der Waals surface area contributed by atoms with Crippen LogP contribution in [0, 0.1) is 0 Å². The Hall–Kier alpha value is -0.780. The number of methoxy groups -OCH3 is 1. The van der Waals surface area contributed by atoms with Crippen LogP contribution in [0.5, 0.6) is 5.75 Å². The molecule has 1 aromatic rings. The maximum absolute atomic E-state index is 10.9. The van der Waals surface area contributed by atoms with E-state index in [9.17, 15) is 4.79 Å². The monoisotopic (exact) mass is 308 g/mol. The van der Waals surface area contributed by atoms with Crippen molar-refractivity contribution in [2.24, 2.45) is 5.73 Å². The molecule has 0 fully saturated rings. The zero-order valence-electron chi connectivity index (χ0n) is 8.83. The van der Waals surface area contributed by atoms with Crippen molar-refractivity contribution in [2.45, 2.75) is 6.54 Å². The van der Waals surface area contributed by atoms with E-state index in [1.807, 2.05) is 18.2 Å². The Morgan fingerprint density at radius 1 is 1.56 bits per heavy atom. The van der Waals surface area contributed by atoms with Gasteiger partial charge in [-0.15, -0.1) is 12.4 Å². The Morgan fingerprint density at radius 2 is 2.25 bits per heavy atom. The molecule has 0 heterocycles. The zero-order valence-corrected chi connectivity index (χ0v) is 11.2. The summed E-state index contributed by atoms with van der Waals surface area (Å²) in [4.78, 5) is 10.9. The van der Waals surface area contributed by atoms with Gasteiger partial charge in [-0.3, -0.25) is 4.79 Å². The third-order valence-electron chi connectivity index (χ3n) is 1.89. The summed E-state index contributed by atoms with van der Waals surface area (Å²) in [5, 5.41) is 2.69. The molecule has 1 aromatic carbocycles. The van der Waals surface area contributed by atoms with Gasteiger partial charge in [0, 0.05) is 6.54 Å². The topological polar surface area (TPSA) is 64.3 Å². The number of carbonyl (C=O) groups is 1.